The summed E-state index contributed by atoms with van der Waals surface area (Å²) in [7, 11) is 1.86. The summed E-state index contributed by atoms with van der Waals surface area (Å²) in [6.45, 7) is 5.29. The summed E-state index contributed by atoms with van der Waals surface area (Å²) >= 11 is 6.11. The second kappa shape index (κ2) is 14.8. The Hall–Kier alpha value is -3.05. The third-order valence-corrected chi connectivity index (χ3v) is 7.58. The van der Waals surface area contributed by atoms with Gasteiger partial charge in [0.1, 0.15) is 6.29 Å². The first-order valence-corrected chi connectivity index (χ1v) is 13.7. The van der Waals surface area contributed by atoms with Crippen molar-refractivity contribution in [1.29, 1.82) is 5.26 Å². The number of carbonyl (C=O) groups is 3. The van der Waals surface area contributed by atoms with Crippen LogP contribution in [0.3, 0.4) is 0 Å². The highest BCUT2D eigenvalue weighted by Gasteiger charge is 2.30. The number of hydrogen-bond donors (Lipinski definition) is 1. The van der Waals surface area contributed by atoms with Gasteiger partial charge in [0.05, 0.1) is 18.0 Å². The van der Waals surface area contributed by atoms with Crippen molar-refractivity contribution < 1.29 is 14.4 Å². The van der Waals surface area contributed by atoms with Crippen LogP contribution in [-0.4, -0.2) is 60.6 Å². The molecule has 7 nitrogen and oxygen atoms in total. The van der Waals surface area contributed by atoms with E-state index in [4.69, 9.17) is 11.6 Å². The molecule has 0 radical (unpaired) electrons. The van der Waals surface area contributed by atoms with Crippen molar-refractivity contribution in [2.75, 3.05) is 26.7 Å². The number of amides is 2. The molecule has 1 saturated heterocycles. The fourth-order valence-corrected chi connectivity index (χ4v) is 5.27. The first-order chi connectivity index (χ1) is 18.4. The first kappa shape index (κ1) is 29.5. The lowest BCUT2D eigenvalue weighted by molar-refractivity contribution is -0.137. The van der Waals surface area contributed by atoms with Gasteiger partial charge in [-0.05, 0) is 87.6 Å². The van der Waals surface area contributed by atoms with E-state index in [1.54, 1.807) is 0 Å². The molecule has 1 N–H and O–H groups in total. The molecule has 3 rings (SSSR count). The van der Waals surface area contributed by atoms with E-state index >= 15 is 0 Å². The molecule has 1 heterocycles. The molecule has 0 aliphatic carbocycles. The molecule has 0 spiro atoms. The van der Waals surface area contributed by atoms with Gasteiger partial charge < -0.3 is 4.90 Å². The molecule has 0 saturated carbocycles. The highest BCUT2D eigenvalue weighted by atomic mass is 35.5. The highest BCUT2D eigenvalue weighted by molar-refractivity contribution is 6.30. The molecule has 1 aliphatic rings. The van der Waals surface area contributed by atoms with Crippen LogP contribution in [0, 0.1) is 11.3 Å². The molecule has 2 unspecified atom stereocenters. The van der Waals surface area contributed by atoms with Crippen molar-refractivity contribution >= 4 is 29.7 Å². The minimum Gasteiger partial charge on any atom is -0.304 e. The zero-order chi connectivity index (χ0) is 27.5. The van der Waals surface area contributed by atoms with Gasteiger partial charge in [0, 0.05) is 23.6 Å². The Morgan fingerprint density at radius 2 is 1.97 bits per heavy atom. The van der Waals surface area contributed by atoms with Gasteiger partial charge in [-0.3, -0.25) is 24.6 Å². The van der Waals surface area contributed by atoms with Gasteiger partial charge in [-0.15, -0.1) is 0 Å². The van der Waals surface area contributed by atoms with Gasteiger partial charge in [-0.2, -0.15) is 5.26 Å². The first-order valence-electron chi connectivity index (χ1n) is 13.3. The number of carbonyl (C=O) groups excluding carboxylic acids is 3. The predicted octanol–water partition coefficient (Wildman–Crippen LogP) is 4.73. The SMILES string of the molecule is CCN(CCCCc1cccc(C=O)c1CN(C)C1CCC(=O)NC1=O)CCC(C#N)c1cccc(Cl)c1. The number of nitrogens with zero attached hydrogens (tertiary/aromatic N) is 3. The molecule has 0 aromatic heterocycles. The van der Waals surface area contributed by atoms with E-state index in [9.17, 15) is 19.6 Å². The lowest BCUT2D eigenvalue weighted by atomic mass is 9.95. The van der Waals surface area contributed by atoms with Crippen LogP contribution in [-0.2, 0) is 22.6 Å². The minimum atomic E-state index is -0.387. The molecule has 0 bridgehead atoms. The van der Waals surface area contributed by atoms with Crippen molar-refractivity contribution in [3.05, 3.63) is 69.7 Å². The lowest BCUT2D eigenvalue weighted by Gasteiger charge is -2.30. The summed E-state index contributed by atoms with van der Waals surface area (Å²) in [5.41, 5.74) is 3.66. The van der Waals surface area contributed by atoms with Gasteiger partial charge in [-0.1, -0.05) is 48.9 Å². The number of likely N-dealkylation sites (N-methyl/N-ethyl adjacent to an activating group) is 1. The largest absolute Gasteiger partial charge is 0.304 e. The van der Waals surface area contributed by atoms with Gasteiger partial charge in [0.25, 0.3) is 0 Å². The topological polar surface area (TPSA) is 93.5 Å². The van der Waals surface area contributed by atoms with Crippen LogP contribution in [0.1, 0.15) is 72.0 Å². The van der Waals surface area contributed by atoms with Gasteiger partial charge in [0.2, 0.25) is 11.8 Å². The normalized spacial score (nSPS) is 16.4. The lowest BCUT2D eigenvalue weighted by Crippen LogP contribution is -2.51. The second-order valence-corrected chi connectivity index (χ2v) is 10.3. The summed E-state index contributed by atoms with van der Waals surface area (Å²) in [6.07, 6.45) is 5.23. The standard InChI is InChI=1S/C30H37ClN4O3/c1-3-35(17-15-24(19-32)23-10-7-12-26(31)18-23)16-5-4-8-22-9-6-11-25(21-36)27(22)20-34(2)28-13-14-29(37)33-30(28)38/h6-7,9-12,18,21,24,28H,3-5,8,13-17,20H2,1-2H3,(H,33,37,38). The Kier molecular flexibility index (Phi) is 11.5. The number of halogens is 1. The predicted molar refractivity (Wildman–Crippen MR) is 149 cm³/mol. The third-order valence-electron chi connectivity index (χ3n) is 7.34. The molecule has 1 aliphatic heterocycles. The fraction of sp³-hybridized carbons (Fsp3) is 0.467. The number of piperidine rings is 1. The van der Waals surface area contributed by atoms with E-state index < -0.39 is 0 Å². The van der Waals surface area contributed by atoms with Crippen molar-refractivity contribution in [2.24, 2.45) is 0 Å². The Labute approximate surface area is 230 Å². The number of benzene rings is 2. The smallest absolute Gasteiger partial charge is 0.243 e. The van der Waals surface area contributed by atoms with Gasteiger partial charge >= 0.3 is 0 Å². The number of nitrogens with one attached hydrogen (secondary N) is 1. The minimum absolute atomic E-state index is 0.183. The number of aldehydes is 1. The number of rotatable bonds is 14. The van der Waals surface area contributed by atoms with E-state index in [1.165, 1.54) is 0 Å². The molecule has 2 aromatic rings. The maximum absolute atomic E-state index is 12.3. The van der Waals surface area contributed by atoms with Crippen LogP contribution in [0.25, 0.3) is 0 Å². The maximum Gasteiger partial charge on any atom is 0.243 e. The zero-order valence-corrected chi connectivity index (χ0v) is 23.0. The number of unbranched alkanes of at least 4 members (excludes halogenated alkanes) is 1. The van der Waals surface area contributed by atoms with Gasteiger partial charge in [-0.25, -0.2) is 0 Å². The van der Waals surface area contributed by atoms with Crippen LogP contribution < -0.4 is 5.32 Å². The molecule has 202 valence electrons. The summed E-state index contributed by atoms with van der Waals surface area (Å²) in [5, 5.41) is 12.7. The Morgan fingerprint density at radius 1 is 1.18 bits per heavy atom. The van der Waals surface area contributed by atoms with Gasteiger partial charge in [0.15, 0.2) is 0 Å². The van der Waals surface area contributed by atoms with Crippen LogP contribution in [0.15, 0.2) is 42.5 Å². The van der Waals surface area contributed by atoms with Crippen LogP contribution in [0.5, 0.6) is 0 Å². The summed E-state index contributed by atoms with van der Waals surface area (Å²) < 4.78 is 0. The van der Waals surface area contributed by atoms with E-state index in [0.29, 0.717) is 30.0 Å². The maximum atomic E-state index is 12.3. The Bertz CT molecular complexity index is 1160. The number of nitriles is 1. The molecule has 2 amide bonds. The second-order valence-electron chi connectivity index (χ2n) is 9.90. The van der Waals surface area contributed by atoms with Crippen molar-refractivity contribution in [3.8, 4) is 6.07 Å². The molecule has 2 aromatic carbocycles. The van der Waals surface area contributed by atoms with Crippen LogP contribution in [0.2, 0.25) is 5.02 Å². The number of imide groups is 1. The van der Waals surface area contributed by atoms with Crippen LogP contribution >= 0.6 is 11.6 Å². The molecular weight excluding hydrogens is 500 g/mol. The monoisotopic (exact) mass is 536 g/mol. The summed E-state index contributed by atoms with van der Waals surface area (Å²) in [6, 6.07) is 15.3. The highest BCUT2D eigenvalue weighted by Crippen LogP contribution is 2.23. The molecule has 38 heavy (non-hydrogen) atoms. The van der Waals surface area contributed by atoms with Crippen molar-refractivity contribution in [1.82, 2.24) is 15.1 Å². The molecule has 1 fully saturated rings. The molecule has 8 heteroatoms. The quantitative estimate of drug-likeness (QED) is 0.213. The fourth-order valence-electron chi connectivity index (χ4n) is 5.07. The van der Waals surface area contributed by atoms with E-state index in [1.807, 2.05) is 48.3 Å². The van der Waals surface area contributed by atoms with E-state index in [2.05, 4.69) is 29.3 Å². The number of hydrogen-bond acceptors (Lipinski definition) is 6. The Morgan fingerprint density at radius 3 is 2.66 bits per heavy atom. The molecule has 2 atom stereocenters. The average molecular weight is 537 g/mol. The Balaban J connectivity index is 1.54. The number of aryl methyl sites for hydroxylation is 1. The third kappa shape index (κ3) is 8.22. The average Bonchev–Trinajstić information content (AvgIpc) is 2.90. The van der Waals surface area contributed by atoms with E-state index in [-0.39, 0.29) is 23.8 Å². The van der Waals surface area contributed by atoms with E-state index in [0.717, 1.165) is 68.3 Å². The summed E-state index contributed by atoms with van der Waals surface area (Å²) in [4.78, 5) is 39.9. The molecular formula is C30H37ClN4O3. The van der Waals surface area contributed by atoms with Crippen molar-refractivity contribution in [2.45, 2.75) is 64.0 Å². The summed E-state index contributed by atoms with van der Waals surface area (Å²) in [5.74, 6) is -0.692. The van der Waals surface area contributed by atoms with Crippen molar-refractivity contribution in [3.63, 3.8) is 0 Å². The van der Waals surface area contributed by atoms with Crippen LogP contribution in [0.4, 0.5) is 0 Å². The zero-order valence-electron chi connectivity index (χ0n) is 22.3.